The zero-order valence-electron chi connectivity index (χ0n) is 24.4. The molecule has 10 nitrogen and oxygen atoms in total. The van der Waals surface area contributed by atoms with E-state index in [1.807, 2.05) is 0 Å². The van der Waals surface area contributed by atoms with E-state index in [0.29, 0.717) is 16.8 Å². The first-order chi connectivity index (χ1) is 20.6. The van der Waals surface area contributed by atoms with Crippen molar-refractivity contribution in [2.75, 3.05) is 33.3 Å². The SMILES string of the molecule is CNC(C)(C)C(=O)N[C@H](COCc1ccc(F)cc1F)C(=O)N1CCC2(Cc3ccccn3)C(=O)N(CC(F)(F)F)N=C2C1. The molecule has 2 atom stereocenters. The Bertz CT molecular complexity index is 1420. The highest BCUT2D eigenvalue weighted by Gasteiger charge is 2.55. The maximum Gasteiger partial charge on any atom is 0.408 e. The summed E-state index contributed by atoms with van der Waals surface area (Å²) in [5, 5.41) is 9.87. The van der Waals surface area contributed by atoms with E-state index in [-0.39, 0.29) is 43.8 Å². The molecule has 1 unspecified atom stereocenters. The molecule has 0 radical (unpaired) electrons. The molecule has 0 bridgehead atoms. The number of hydrogen-bond donors (Lipinski definition) is 2. The van der Waals surface area contributed by atoms with Crippen molar-refractivity contribution >= 4 is 23.4 Å². The van der Waals surface area contributed by atoms with Crippen molar-refractivity contribution in [1.82, 2.24) is 25.5 Å². The summed E-state index contributed by atoms with van der Waals surface area (Å²) in [6, 6.07) is 6.66. The van der Waals surface area contributed by atoms with Gasteiger partial charge in [0.25, 0.3) is 5.91 Å². The fourth-order valence-corrected chi connectivity index (χ4v) is 4.99. The second-order valence-corrected chi connectivity index (χ2v) is 11.3. The van der Waals surface area contributed by atoms with Gasteiger partial charge in [0.15, 0.2) is 0 Å². The highest BCUT2D eigenvalue weighted by Crippen LogP contribution is 2.40. The van der Waals surface area contributed by atoms with Crippen LogP contribution in [0, 0.1) is 17.0 Å². The first-order valence-electron chi connectivity index (χ1n) is 13.8. The maximum atomic E-state index is 14.1. The van der Waals surface area contributed by atoms with Gasteiger partial charge in [0, 0.05) is 36.5 Å². The van der Waals surface area contributed by atoms with Gasteiger partial charge in [0.05, 0.1) is 31.0 Å². The fourth-order valence-electron chi connectivity index (χ4n) is 4.99. The quantitative estimate of drug-likeness (QED) is 0.372. The zero-order chi connectivity index (χ0) is 32.3. The van der Waals surface area contributed by atoms with Crippen LogP contribution in [0.25, 0.3) is 0 Å². The second-order valence-electron chi connectivity index (χ2n) is 11.3. The van der Waals surface area contributed by atoms with Gasteiger partial charge in [-0.25, -0.2) is 13.8 Å². The molecule has 2 N–H and O–H groups in total. The maximum absolute atomic E-state index is 14.1. The van der Waals surface area contributed by atoms with Crippen LogP contribution >= 0.6 is 0 Å². The van der Waals surface area contributed by atoms with Crippen LogP contribution in [0.5, 0.6) is 0 Å². The van der Waals surface area contributed by atoms with Crippen molar-refractivity contribution in [3.05, 3.63) is 65.5 Å². The number of rotatable bonds is 11. The third kappa shape index (κ3) is 7.38. The largest absolute Gasteiger partial charge is 0.408 e. The number of amides is 3. The summed E-state index contributed by atoms with van der Waals surface area (Å²) in [5.74, 6) is -3.64. The molecule has 0 saturated carbocycles. The Kier molecular flexibility index (Phi) is 9.68. The third-order valence-corrected chi connectivity index (χ3v) is 7.79. The summed E-state index contributed by atoms with van der Waals surface area (Å²) in [4.78, 5) is 45.7. The lowest BCUT2D eigenvalue weighted by molar-refractivity contribution is -0.163. The number of likely N-dealkylation sites (N-methyl/N-ethyl adjacent to an activating group) is 1. The number of piperidine rings is 1. The van der Waals surface area contributed by atoms with Gasteiger partial charge in [0.2, 0.25) is 11.8 Å². The van der Waals surface area contributed by atoms with E-state index in [1.165, 1.54) is 17.2 Å². The lowest BCUT2D eigenvalue weighted by Crippen LogP contribution is -2.61. The predicted molar refractivity (Wildman–Crippen MR) is 148 cm³/mol. The van der Waals surface area contributed by atoms with E-state index in [0.717, 1.165) is 6.07 Å². The molecule has 1 fully saturated rings. The van der Waals surface area contributed by atoms with Crippen LogP contribution in [0.1, 0.15) is 31.5 Å². The topological polar surface area (TPSA) is 116 Å². The number of likely N-dealkylation sites (tertiary alicyclic amines) is 1. The van der Waals surface area contributed by atoms with E-state index < -0.39 is 65.7 Å². The van der Waals surface area contributed by atoms with Crippen molar-refractivity contribution in [2.24, 2.45) is 10.5 Å². The number of ether oxygens (including phenoxy) is 1. The Hall–Kier alpha value is -3.98. The number of halogens is 5. The number of fused-ring (bicyclic) bond motifs is 1. The van der Waals surface area contributed by atoms with E-state index in [1.54, 1.807) is 39.1 Å². The molecule has 2 aliphatic heterocycles. The third-order valence-electron chi connectivity index (χ3n) is 7.79. The van der Waals surface area contributed by atoms with E-state index in [2.05, 4.69) is 20.7 Å². The van der Waals surface area contributed by atoms with Gasteiger partial charge < -0.3 is 20.3 Å². The van der Waals surface area contributed by atoms with Crippen molar-refractivity contribution in [1.29, 1.82) is 0 Å². The second kappa shape index (κ2) is 12.9. The van der Waals surface area contributed by atoms with Crippen LogP contribution in [-0.4, -0.2) is 89.4 Å². The highest BCUT2D eigenvalue weighted by molar-refractivity contribution is 6.14. The molecule has 44 heavy (non-hydrogen) atoms. The summed E-state index contributed by atoms with van der Waals surface area (Å²) in [7, 11) is 1.55. The lowest BCUT2D eigenvalue weighted by Gasteiger charge is -2.39. The number of aromatic nitrogens is 1. The number of pyridine rings is 1. The normalized spacial score (nSPS) is 19.5. The summed E-state index contributed by atoms with van der Waals surface area (Å²) >= 11 is 0. The van der Waals surface area contributed by atoms with Crippen molar-refractivity contribution in [3.8, 4) is 0 Å². The smallest absolute Gasteiger partial charge is 0.374 e. The van der Waals surface area contributed by atoms with Gasteiger partial charge in [-0.1, -0.05) is 12.1 Å². The lowest BCUT2D eigenvalue weighted by atomic mass is 9.73. The number of alkyl halides is 3. The number of nitrogens with zero attached hydrogens (tertiary/aromatic N) is 4. The van der Waals surface area contributed by atoms with Crippen LogP contribution in [0.3, 0.4) is 0 Å². The van der Waals surface area contributed by atoms with Crippen LogP contribution in [0.4, 0.5) is 22.0 Å². The molecule has 3 heterocycles. The van der Waals surface area contributed by atoms with Crippen LogP contribution in [0.2, 0.25) is 0 Å². The van der Waals surface area contributed by atoms with Crippen molar-refractivity contribution < 1.29 is 41.1 Å². The van der Waals surface area contributed by atoms with Gasteiger partial charge >= 0.3 is 6.18 Å². The molecule has 1 aromatic carbocycles. The summed E-state index contributed by atoms with van der Waals surface area (Å²) in [5.41, 5.74) is -1.95. The number of carbonyl (C=O) groups excluding carboxylic acids is 3. The molecule has 2 aromatic rings. The minimum absolute atomic E-state index is 0.00916. The van der Waals surface area contributed by atoms with E-state index >= 15 is 0 Å². The summed E-state index contributed by atoms with van der Waals surface area (Å²) < 4.78 is 72.9. The molecule has 15 heteroatoms. The number of nitrogens with one attached hydrogen (secondary N) is 2. The molecular weight excluding hydrogens is 591 g/mol. The standard InChI is InChI=1S/C29H33F5N6O4/c1-27(2,35-3)25(42)37-22(16-44-15-18-7-8-19(30)12-21(18)31)24(41)39-11-9-28(13-20-6-4-5-10-36-20)23(14-39)38-40(26(28)43)17-29(32,33)34/h4-8,10,12,22,35H,9,11,13-17H2,1-3H3,(H,37,42)/t22-,28?/m1/s1. The average Bonchev–Trinajstić information content (AvgIpc) is 3.22. The summed E-state index contributed by atoms with van der Waals surface area (Å²) in [6.45, 7) is 0.535. The Balaban J connectivity index is 1.57. The van der Waals surface area contributed by atoms with E-state index in [4.69, 9.17) is 4.74 Å². The minimum Gasteiger partial charge on any atom is -0.374 e. The van der Waals surface area contributed by atoms with Gasteiger partial charge in [-0.15, -0.1) is 0 Å². The summed E-state index contributed by atoms with van der Waals surface area (Å²) in [6.07, 6.45) is -3.24. The molecular formula is C29H33F5N6O4. The van der Waals surface area contributed by atoms with Gasteiger partial charge in [-0.3, -0.25) is 19.4 Å². The van der Waals surface area contributed by atoms with Gasteiger partial charge in [-0.05, 0) is 45.5 Å². The number of hydrazone groups is 1. The van der Waals surface area contributed by atoms with Crippen LogP contribution in [-0.2, 0) is 32.1 Å². The number of benzene rings is 1. The van der Waals surface area contributed by atoms with E-state index in [9.17, 15) is 36.3 Å². The molecule has 4 rings (SSSR count). The minimum atomic E-state index is -4.70. The monoisotopic (exact) mass is 624 g/mol. The predicted octanol–water partition coefficient (Wildman–Crippen LogP) is 2.58. The molecule has 2 aliphatic rings. The Morgan fingerprint density at radius 2 is 1.91 bits per heavy atom. The molecule has 1 aromatic heterocycles. The molecule has 0 spiro atoms. The number of carbonyl (C=O) groups is 3. The zero-order valence-corrected chi connectivity index (χ0v) is 24.4. The average molecular weight is 625 g/mol. The van der Waals surface area contributed by atoms with Crippen LogP contribution in [0.15, 0.2) is 47.7 Å². The van der Waals surface area contributed by atoms with Crippen molar-refractivity contribution in [3.63, 3.8) is 0 Å². The van der Waals surface area contributed by atoms with Gasteiger partial charge in [0.1, 0.15) is 29.6 Å². The fraction of sp³-hybridized carbons (Fsp3) is 0.483. The van der Waals surface area contributed by atoms with Gasteiger partial charge in [-0.2, -0.15) is 18.3 Å². The molecule has 3 amide bonds. The Morgan fingerprint density at radius 1 is 1.16 bits per heavy atom. The van der Waals surface area contributed by atoms with Crippen molar-refractivity contribution in [2.45, 2.75) is 51.1 Å². The first kappa shape index (κ1) is 32.9. The number of hydrogen-bond acceptors (Lipinski definition) is 7. The molecule has 238 valence electrons. The highest BCUT2D eigenvalue weighted by atomic mass is 19.4. The molecule has 0 aliphatic carbocycles. The Morgan fingerprint density at radius 3 is 2.55 bits per heavy atom. The molecule has 1 saturated heterocycles. The Labute approximate surface area is 250 Å². The van der Waals surface area contributed by atoms with Crippen LogP contribution < -0.4 is 10.6 Å². The first-order valence-corrected chi connectivity index (χ1v) is 13.8.